The summed E-state index contributed by atoms with van der Waals surface area (Å²) in [6.45, 7) is 8.13. The molecular weight excluding hydrogens is 176 g/mol. The Balaban J connectivity index is 1.84. The lowest BCUT2D eigenvalue weighted by Gasteiger charge is -2.37. The van der Waals surface area contributed by atoms with Gasteiger partial charge in [-0.2, -0.15) is 0 Å². The molecular formula is C11H22N2O. The van der Waals surface area contributed by atoms with Crippen molar-refractivity contribution in [3.63, 3.8) is 0 Å². The molecule has 0 radical (unpaired) electrons. The second-order valence-corrected chi connectivity index (χ2v) is 4.77. The molecule has 0 aromatic carbocycles. The molecule has 0 aromatic rings. The minimum absolute atomic E-state index is 0.585. The fourth-order valence-corrected chi connectivity index (χ4v) is 2.81. The van der Waals surface area contributed by atoms with Gasteiger partial charge in [0.1, 0.15) is 0 Å². The first-order valence-corrected chi connectivity index (χ1v) is 5.75. The maximum Gasteiger partial charge on any atom is 0.0615 e. The minimum Gasteiger partial charge on any atom is -0.383 e. The lowest BCUT2D eigenvalue weighted by atomic mass is 9.88. The van der Waals surface area contributed by atoms with E-state index in [0.29, 0.717) is 6.04 Å². The van der Waals surface area contributed by atoms with Crippen LogP contribution in [0.2, 0.25) is 0 Å². The summed E-state index contributed by atoms with van der Waals surface area (Å²) in [6, 6.07) is 0.585. The molecule has 3 atom stereocenters. The van der Waals surface area contributed by atoms with Gasteiger partial charge in [-0.1, -0.05) is 0 Å². The van der Waals surface area contributed by atoms with Crippen molar-refractivity contribution in [3.8, 4) is 0 Å². The maximum atomic E-state index is 5.21. The molecule has 1 N–H and O–H groups in total. The number of methoxy groups -OCH3 is 1. The predicted octanol–water partition coefficient (Wildman–Crippen LogP) is 0.563. The highest BCUT2D eigenvalue weighted by Gasteiger charge is 2.33. The van der Waals surface area contributed by atoms with E-state index >= 15 is 0 Å². The van der Waals surface area contributed by atoms with Crippen LogP contribution in [0.25, 0.3) is 0 Å². The summed E-state index contributed by atoms with van der Waals surface area (Å²) in [5, 5.41) is 3.50. The quantitative estimate of drug-likeness (QED) is 0.717. The van der Waals surface area contributed by atoms with E-state index in [2.05, 4.69) is 17.1 Å². The summed E-state index contributed by atoms with van der Waals surface area (Å²) < 4.78 is 5.21. The van der Waals surface area contributed by atoms with E-state index in [1.165, 1.54) is 32.6 Å². The van der Waals surface area contributed by atoms with Crippen molar-refractivity contribution in [2.24, 2.45) is 11.8 Å². The highest BCUT2D eigenvalue weighted by Crippen LogP contribution is 2.27. The van der Waals surface area contributed by atoms with Gasteiger partial charge in [-0.3, -0.25) is 4.90 Å². The summed E-state index contributed by atoms with van der Waals surface area (Å²) in [4.78, 5) is 2.58. The Morgan fingerprint density at radius 2 is 2.21 bits per heavy atom. The van der Waals surface area contributed by atoms with Crippen LogP contribution in [-0.4, -0.2) is 50.8 Å². The van der Waals surface area contributed by atoms with Crippen LogP contribution in [0, 0.1) is 11.8 Å². The molecule has 3 heteroatoms. The van der Waals surface area contributed by atoms with Crippen molar-refractivity contribution < 1.29 is 4.74 Å². The average Bonchev–Trinajstić information content (AvgIpc) is 2.64. The molecule has 2 aliphatic rings. The highest BCUT2D eigenvalue weighted by molar-refractivity contribution is 4.89. The lowest BCUT2D eigenvalue weighted by Crippen LogP contribution is -2.46. The largest absolute Gasteiger partial charge is 0.383 e. The fourth-order valence-electron chi connectivity index (χ4n) is 2.81. The highest BCUT2D eigenvalue weighted by atomic mass is 16.5. The lowest BCUT2D eigenvalue weighted by molar-refractivity contribution is 0.0584. The van der Waals surface area contributed by atoms with Gasteiger partial charge in [0, 0.05) is 19.7 Å². The maximum absolute atomic E-state index is 5.21. The van der Waals surface area contributed by atoms with E-state index in [4.69, 9.17) is 4.74 Å². The van der Waals surface area contributed by atoms with Crippen LogP contribution in [0.3, 0.4) is 0 Å². The Hall–Kier alpha value is -0.120. The van der Waals surface area contributed by atoms with Crippen LogP contribution in [-0.2, 0) is 4.74 Å². The number of nitrogens with zero attached hydrogens (tertiary/aromatic N) is 1. The smallest absolute Gasteiger partial charge is 0.0615 e. The molecule has 3 nitrogen and oxygen atoms in total. The monoisotopic (exact) mass is 198 g/mol. The molecule has 14 heavy (non-hydrogen) atoms. The Morgan fingerprint density at radius 3 is 3.00 bits per heavy atom. The van der Waals surface area contributed by atoms with Crippen molar-refractivity contribution in [3.05, 3.63) is 0 Å². The van der Waals surface area contributed by atoms with E-state index < -0.39 is 0 Å². The van der Waals surface area contributed by atoms with E-state index in [-0.39, 0.29) is 0 Å². The van der Waals surface area contributed by atoms with Crippen molar-refractivity contribution in [2.75, 3.05) is 39.9 Å². The third-order valence-corrected chi connectivity index (χ3v) is 3.77. The van der Waals surface area contributed by atoms with Crippen molar-refractivity contribution in [1.29, 1.82) is 0 Å². The summed E-state index contributed by atoms with van der Waals surface area (Å²) in [7, 11) is 1.79. The van der Waals surface area contributed by atoms with E-state index in [1.807, 2.05) is 0 Å². The van der Waals surface area contributed by atoms with Crippen LogP contribution in [0.15, 0.2) is 0 Å². The Kier molecular flexibility index (Phi) is 3.42. The van der Waals surface area contributed by atoms with Crippen LogP contribution in [0.4, 0.5) is 0 Å². The molecule has 2 rings (SSSR count). The normalized spacial score (nSPS) is 35.6. The van der Waals surface area contributed by atoms with Crippen LogP contribution in [0.5, 0.6) is 0 Å². The fraction of sp³-hybridized carbons (Fsp3) is 1.00. The summed E-state index contributed by atoms with van der Waals surface area (Å²) in [6.07, 6.45) is 1.37. The topological polar surface area (TPSA) is 24.5 Å². The van der Waals surface area contributed by atoms with Crippen molar-refractivity contribution in [1.82, 2.24) is 10.2 Å². The van der Waals surface area contributed by atoms with Gasteiger partial charge in [0.2, 0.25) is 0 Å². The zero-order valence-electron chi connectivity index (χ0n) is 9.33. The molecule has 2 saturated heterocycles. The van der Waals surface area contributed by atoms with E-state index in [9.17, 15) is 0 Å². The zero-order valence-corrected chi connectivity index (χ0v) is 9.33. The minimum atomic E-state index is 0.585. The zero-order chi connectivity index (χ0) is 9.97. The van der Waals surface area contributed by atoms with Gasteiger partial charge < -0.3 is 10.1 Å². The molecule has 2 aliphatic heterocycles. The third-order valence-electron chi connectivity index (χ3n) is 3.77. The van der Waals surface area contributed by atoms with E-state index in [1.54, 1.807) is 7.11 Å². The molecule has 0 saturated carbocycles. The number of rotatable bonds is 3. The molecule has 2 heterocycles. The number of hydrogen-bond acceptors (Lipinski definition) is 3. The Bertz CT molecular complexity index is 186. The van der Waals surface area contributed by atoms with Crippen LogP contribution < -0.4 is 5.32 Å². The van der Waals surface area contributed by atoms with Crippen LogP contribution >= 0.6 is 0 Å². The molecule has 0 aliphatic carbocycles. The average molecular weight is 198 g/mol. The van der Waals surface area contributed by atoms with Gasteiger partial charge in [-0.25, -0.2) is 0 Å². The third kappa shape index (κ3) is 2.10. The number of likely N-dealkylation sites (tertiary alicyclic amines) is 1. The van der Waals surface area contributed by atoms with Crippen molar-refractivity contribution >= 4 is 0 Å². The van der Waals surface area contributed by atoms with Gasteiger partial charge in [0.25, 0.3) is 0 Å². The Labute approximate surface area is 86.8 Å². The van der Waals surface area contributed by atoms with Gasteiger partial charge in [-0.05, 0) is 44.8 Å². The summed E-state index contributed by atoms with van der Waals surface area (Å²) >= 11 is 0. The standard InChI is InChI=1S/C11H22N2O/c1-9(8-14-2)13-4-3-10-5-12-6-11(10)7-13/h9-12H,3-8H2,1-2H3. The first kappa shape index (κ1) is 10.4. The van der Waals surface area contributed by atoms with Gasteiger partial charge in [-0.15, -0.1) is 0 Å². The number of nitrogens with one attached hydrogen (secondary N) is 1. The van der Waals surface area contributed by atoms with Crippen LogP contribution in [0.1, 0.15) is 13.3 Å². The van der Waals surface area contributed by atoms with Crippen molar-refractivity contribution in [2.45, 2.75) is 19.4 Å². The summed E-state index contributed by atoms with van der Waals surface area (Å²) in [5.74, 6) is 1.84. The molecule has 2 fully saturated rings. The summed E-state index contributed by atoms with van der Waals surface area (Å²) in [5.41, 5.74) is 0. The number of fused-ring (bicyclic) bond motifs is 1. The molecule has 0 amide bonds. The molecule has 82 valence electrons. The van der Waals surface area contributed by atoms with Gasteiger partial charge >= 0.3 is 0 Å². The van der Waals surface area contributed by atoms with Gasteiger partial charge in [0.15, 0.2) is 0 Å². The number of ether oxygens (including phenoxy) is 1. The number of piperidine rings is 1. The van der Waals surface area contributed by atoms with Gasteiger partial charge in [0.05, 0.1) is 6.61 Å². The first-order chi connectivity index (χ1) is 6.81. The molecule has 0 aromatic heterocycles. The molecule has 3 unspecified atom stereocenters. The Morgan fingerprint density at radius 1 is 1.43 bits per heavy atom. The molecule has 0 spiro atoms. The second-order valence-electron chi connectivity index (χ2n) is 4.77. The number of hydrogen-bond donors (Lipinski definition) is 1. The SMILES string of the molecule is COCC(C)N1CCC2CNCC2C1. The molecule has 0 bridgehead atoms. The van der Waals surface area contributed by atoms with E-state index in [0.717, 1.165) is 18.4 Å². The second kappa shape index (κ2) is 4.60. The first-order valence-electron chi connectivity index (χ1n) is 5.75. The predicted molar refractivity (Wildman–Crippen MR) is 57.4 cm³/mol.